The van der Waals surface area contributed by atoms with Crippen molar-refractivity contribution in [3.8, 4) is 0 Å². The normalized spacial score (nSPS) is 17.2. The van der Waals surface area contributed by atoms with Crippen molar-refractivity contribution < 1.29 is 4.74 Å². The van der Waals surface area contributed by atoms with Gasteiger partial charge in [0.1, 0.15) is 12.4 Å². The van der Waals surface area contributed by atoms with Crippen LogP contribution in [0.15, 0.2) is 4.99 Å². The molecule has 0 radical (unpaired) electrons. The third-order valence-corrected chi connectivity index (χ3v) is 4.81. The van der Waals surface area contributed by atoms with Crippen LogP contribution in [0.1, 0.15) is 69.9 Å². The molecule has 0 saturated carbocycles. The number of unbranched alkanes of at least 4 members (excludes halogenated alkanes) is 6. The van der Waals surface area contributed by atoms with Crippen LogP contribution in [0.4, 0.5) is 0 Å². The minimum Gasteiger partial charge on any atom is -0.377 e. The van der Waals surface area contributed by atoms with Crippen LogP contribution in [0, 0.1) is 0 Å². The fraction of sp³-hybridized carbons (Fsp3) is 0.842. The number of hydrogen-bond acceptors (Lipinski definition) is 4. The van der Waals surface area contributed by atoms with Crippen LogP contribution in [0.3, 0.4) is 0 Å². The zero-order chi connectivity index (χ0) is 18.6. The molecule has 2 heterocycles. The molecule has 1 aliphatic rings. The Labute approximate surface area is 158 Å². The molecule has 1 unspecified atom stereocenters. The highest BCUT2D eigenvalue weighted by Crippen LogP contribution is 2.13. The Balaban J connectivity index is 1.65. The first-order chi connectivity index (χ1) is 12.8. The van der Waals surface area contributed by atoms with Crippen molar-refractivity contribution in [1.82, 2.24) is 25.4 Å². The van der Waals surface area contributed by atoms with Crippen LogP contribution in [0.2, 0.25) is 0 Å². The van der Waals surface area contributed by atoms with Crippen molar-refractivity contribution in [1.29, 1.82) is 0 Å². The van der Waals surface area contributed by atoms with Gasteiger partial charge in [-0.3, -0.25) is 4.99 Å². The van der Waals surface area contributed by atoms with Crippen LogP contribution < -0.4 is 10.6 Å². The molecule has 0 fully saturated rings. The van der Waals surface area contributed by atoms with Crippen molar-refractivity contribution in [2.75, 3.05) is 20.7 Å². The summed E-state index contributed by atoms with van der Waals surface area (Å²) in [5.41, 5.74) is 0. The molecule has 1 atom stereocenters. The smallest absolute Gasteiger partial charge is 0.191 e. The first-order valence-electron chi connectivity index (χ1n) is 10.2. The van der Waals surface area contributed by atoms with E-state index in [1.54, 1.807) is 7.11 Å². The maximum Gasteiger partial charge on any atom is 0.191 e. The predicted molar refractivity (Wildman–Crippen MR) is 105 cm³/mol. The number of nitrogens with zero attached hydrogens (tertiary/aromatic N) is 4. The van der Waals surface area contributed by atoms with Gasteiger partial charge in [0, 0.05) is 33.2 Å². The highest BCUT2D eigenvalue weighted by Gasteiger charge is 2.22. The lowest BCUT2D eigenvalue weighted by atomic mass is 10.1. The molecule has 0 spiro atoms. The predicted octanol–water partition coefficient (Wildman–Crippen LogP) is 2.65. The minimum atomic E-state index is 0.333. The second-order valence-corrected chi connectivity index (χ2v) is 7.06. The number of aliphatic imine (C=N–C) groups is 1. The number of rotatable bonds is 11. The number of fused-ring (bicyclic) bond motifs is 1. The van der Waals surface area contributed by atoms with Crippen molar-refractivity contribution in [3.05, 3.63) is 11.6 Å². The average molecular weight is 365 g/mol. The fourth-order valence-electron chi connectivity index (χ4n) is 3.35. The van der Waals surface area contributed by atoms with Gasteiger partial charge in [-0.1, -0.05) is 45.4 Å². The summed E-state index contributed by atoms with van der Waals surface area (Å²) in [5, 5.41) is 11.5. The van der Waals surface area contributed by atoms with E-state index in [0.29, 0.717) is 12.6 Å². The number of methoxy groups -OCH3 is 1. The lowest BCUT2D eigenvalue weighted by Crippen LogP contribution is -2.47. The molecule has 148 valence electrons. The summed E-state index contributed by atoms with van der Waals surface area (Å²) in [7, 11) is 3.51. The van der Waals surface area contributed by atoms with E-state index >= 15 is 0 Å². The van der Waals surface area contributed by atoms with E-state index in [1.807, 2.05) is 11.7 Å². The van der Waals surface area contributed by atoms with Crippen molar-refractivity contribution in [2.45, 2.75) is 83.9 Å². The molecule has 0 saturated heterocycles. The molecule has 2 rings (SSSR count). The van der Waals surface area contributed by atoms with E-state index in [-0.39, 0.29) is 0 Å². The largest absolute Gasteiger partial charge is 0.377 e. The summed E-state index contributed by atoms with van der Waals surface area (Å²) in [6, 6.07) is 0.333. The molecule has 7 heteroatoms. The SMILES string of the molecule is CCCCCCCCCNC(=NC)NC1CCc2nc(COC)nn2C1. The van der Waals surface area contributed by atoms with E-state index < -0.39 is 0 Å². The third kappa shape index (κ3) is 6.94. The van der Waals surface area contributed by atoms with E-state index in [9.17, 15) is 0 Å². The summed E-state index contributed by atoms with van der Waals surface area (Å²) >= 11 is 0. The summed E-state index contributed by atoms with van der Waals surface area (Å²) in [6.07, 6.45) is 11.2. The van der Waals surface area contributed by atoms with Gasteiger partial charge in [0.15, 0.2) is 11.8 Å². The van der Waals surface area contributed by atoms with Gasteiger partial charge < -0.3 is 15.4 Å². The highest BCUT2D eigenvalue weighted by molar-refractivity contribution is 5.79. The fourth-order valence-corrected chi connectivity index (χ4v) is 3.35. The molecule has 0 aliphatic carbocycles. The molecule has 0 aromatic carbocycles. The van der Waals surface area contributed by atoms with Gasteiger partial charge in [-0.25, -0.2) is 9.67 Å². The molecule has 1 aromatic rings. The molecule has 0 amide bonds. The number of hydrogen-bond donors (Lipinski definition) is 2. The number of aryl methyl sites for hydroxylation is 1. The Morgan fingerprint density at radius 3 is 2.73 bits per heavy atom. The summed E-state index contributed by atoms with van der Waals surface area (Å²) < 4.78 is 7.12. The van der Waals surface area contributed by atoms with Gasteiger partial charge in [-0.2, -0.15) is 5.10 Å². The zero-order valence-corrected chi connectivity index (χ0v) is 16.8. The highest BCUT2D eigenvalue weighted by atomic mass is 16.5. The van der Waals surface area contributed by atoms with Crippen molar-refractivity contribution in [2.24, 2.45) is 4.99 Å². The van der Waals surface area contributed by atoms with Gasteiger partial charge in [0.2, 0.25) is 0 Å². The maximum absolute atomic E-state index is 5.12. The van der Waals surface area contributed by atoms with Gasteiger partial charge in [0.05, 0.1) is 6.54 Å². The van der Waals surface area contributed by atoms with Gasteiger partial charge >= 0.3 is 0 Å². The number of guanidine groups is 1. The first kappa shape index (κ1) is 20.7. The average Bonchev–Trinajstić information content (AvgIpc) is 3.04. The Bertz CT molecular complexity index is 542. The van der Waals surface area contributed by atoms with Crippen LogP contribution >= 0.6 is 0 Å². The number of ether oxygens (including phenoxy) is 1. The summed E-state index contributed by atoms with van der Waals surface area (Å²) in [6.45, 7) is 4.54. The van der Waals surface area contributed by atoms with Gasteiger partial charge in [0.25, 0.3) is 0 Å². The Kier molecular flexibility index (Phi) is 9.45. The van der Waals surface area contributed by atoms with E-state index in [2.05, 4.69) is 32.6 Å². The molecule has 2 N–H and O–H groups in total. The Hall–Kier alpha value is -1.63. The second kappa shape index (κ2) is 11.9. The molecular formula is C19H36N6O. The topological polar surface area (TPSA) is 76.4 Å². The van der Waals surface area contributed by atoms with Crippen LogP contribution in [0.5, 0.6) is 0 Å². The molecular weight excluding hydrogens is 328 g/mol. The molecule has 7 nitrogen and oxygen atoms in total. The molecule has 1 aliphatic heterocycles. The lowest BCUT2D eigenvalue weighted by molar-refractivity contribution is 0.177. The molecule has 1 aromatic heterocycles. The van der Waals surface area contributed by atoms with E-state index in [0.717, 1.165) is 43.5 Å². The Morgan fingerprint density at radius 2 is 2.00 bits per heavy atom. The standard InChI is InChI=1S/C19H36N6O/c1-4-5-6-7-8-9-10-13-21-19(20-2)22-16-11-12-18-23-17(15-26-3)24-25(18)14-16/h16H,4-15H2,1-3H3,(H2,20,21,22). The summed E-state index contributed by atoms with van der Waals surface area (Å²) in [5.74, 6) is 2.72. The van der Waals surface area contributed by atoms with E-state index in [4.69, 9.17) is 4.74 Å². The van der Waals surface area contributed by atoms with Crippen LogP contribution in [0.25, 0.3) is 0 Å². The maximum atomic E-state index is 5.12. The second-order valence-electron chi connectivity index (χ2n) is 7.06. The number of nitrogens with one attached hydrogen (secondary N) is 2. The van der Waals surface area contributed by atoms with Crippen molar-refractivity contribution >= 4 is 5.96 Å². The van der Waals surface area contributed by atoms with Gasteiger partial charge in [-0.05, 0) is 12.8 Å². The van der Waals surface area contributed by atoms with Gasteiger partial charge in [-0.15, -0.1) is 0 Å². The molecule has 26 heavy (non-hydrogen) atoms. The Morgan fingerprint density at radius 1 is 1.23 bits per heavy atom. The third-order valence-electron chi connectivity index (χ3n) is 4.81. The monoisotopic (exact) mass is 364 g/mol. The van der Waals surface area contributed by atoms with Crippen molar-refractivity contribution in [3.63, 3.8) is 0 Å². The van der Waals surface area contributed by atoms with Crippen LogP contribution in [-0.2, 0) is 24.3 Å². The summed E-state index contributed by atoms with van der Waals surface area (Å²) in [4.78, 5) is 8.88. The minimum absolute atomic E-state index is 0.333. The zero-order valence-electron chi connectivity index (χ0n) is 16.8. The quantitative estimate of drug-likeness (QED) is 0.359. The lowest BCUT2D eigenvalue weighted by Gasteiger charge is -2.25. The first-order valence-corrected chi connectivity index (χ1v) is 10.2. The number of aromatic nitrogens is 3. The molecule has 0 bridgehead atoms. The van der Waals surface area contributed by atoms with Crippen LogP contribution in [-0.4, -0.2) is 47.5 Å². The van der Waals surface area contributed by atoms with E-state index in [1.165, 1.54) is 44.9 Å².